The van der Waals surface area contributed by atoms with Gasteiger partial charge in [0.1, 0.15) is 6.04 Å². The number of rotatable bonds is 4. The molecule has 3 N–H and O–H groups in total. The van der Waals surface area contributed by atoms with Gasteiger partial charge in [-0.2, -0.15) is 0 Å². The minimum atomic E-state index is -0.942. The second-order valence-electron chi connectivity index (χ2n) is 2.65. The third-order valence-electron chi connectivity index (χ3n) is 1.68. The number of carboxylic acid groups (broad SMARTS) is 1. The number of nitrogens with zero attached hydrogens (tertiary/aromatic N) is 1. The molecule has 0 spiro atoms. The topological polar surface area (TPSA) is 68.2 Å². The third-order valence-corrected chi connectivity index (χ3v) is 1.68. The highest BCUT2D eigenvalue weighted by molar-refractivity contribution is 5.72. The van der Waals surface area contributed by atoms with Crippen LogP contribution < -0.4 is 5.73 Å². The molecule has 0 saturated carbocycles. The van der Waals surface area contributed by atoms with E-state index in [2.05, 4.69) is 0 Å². The maximum atomic E-state index is 10.3. The molecule has 0 aliphatic carbocycles. The van der Waals surface area contributed by atoms with Gasteiger partial charge in [0.25, 0.3) is 0 Å². The van der Waals surface area contributed by atoms with Crippen molar-refractivity contribution < 1.29 is 9.90 Å². The number of nitrogens with two attached hydrogens (primary N) is 1. The lowest BCUT2D eigenvalue weighted by Gasteiger charge is -2.06. The van der Waals surface area contributed by atoms with Gasteiger partial charge in [0.15, 0.2) is 0 Å². The van der Waals surface area contributed by atoms with E-state index in [1.165, 1.54) is 0 Å². The lowest BCUT2D eigenvalue weighted by Crippen LogP contribution is -2.31. The van der Waals surface area contributed by atoms with Crippen LogP contribution in [0.25, 0.3) is 0 Å². The van der Waals surface area contributed by atoms with Gasteiger partial charge in [-0.1, -0.05) is 0 Å². The first-order chi connectivity index (χ1) is 5.70. The summed E-state index contributed by atoms with van der Waals surface area (Å²) in [5.74, 6) is -0.942. The highest BCUT2D eigenvalue weighted by Crippen LogP contribution is 1.95. The van der Waals surface area contributed by atoms with Crippen molar-refractivity contribution in [2.24, 2.45) is 5.73 Å². The highest BCUT2D eigenvalue weighted by Gasteiger charge is 2.09. The average Bonchev–Trinajstić information content (AvgIpc) is 2.51. The van der Waals surface area contributed by atoms with Gasteiger partial charge in [0, 0.05) is 18.9 Å². The molecule has 0 amide bonds. The first kappa shape index (κ1) is 8.80. The predicted molar refractivity (Wildman–Crippen MR) is 44.7 cm³/mol. The number of carbonyl (C=O) groups is 1. The van der Waals surface area contributed by atoms with Gasteiger partial charge in [-0.05, 0) is 18.6 Å². The molecular weight excluding hydrogens is 156 g/mol. The molecule has 1 rings (SSSR count). The molecule has 1 heterocycles. The molecule has 0 radical (unpaired) electrons. The average molecular weight is 168 g/mol. The normalized spacial score (nSPS) is 12.8. The van der Waals surface area contributed by atoms with Crippen molar-refractivity contribution >= 4 is 5.97 Å². The lowest BCUT2D eigenvalue weighted by molar-refractivity contribution is -0.138. The van der Waals surface area contributed by atoms with E-state index < -0.39 is 12.0 Å². The number of hydrogen-bond acceptors (Lipinski definition) is 2. The summed E-state index contributed by atoms with van der Waals surface area (Å²) < 4.78 is 1.91. The van der Waals surface area contributed by atoms with Crippen molar-refractivity contribution in [3.05, 3.63) is 24.5 Å². The largest absolute Gasteiger partial charge is 0.480 e. The molecule has 0 aromatic carbocycles. The van der Waals surface area contributed by atoms with E-state index in [1.54, 1.807) is 0 Å². The Balaban J connectivity index is 2.31. The van der Waals surface area contributed by atoms with Gasteiger partial charge in [0.05, 0.1) is 0 Å². The van der Waals surface area contributed by atoms with E-state index in [1.807, 2.05) is 29.1 Å². The monoisotopic (exact) mass is 168 g/mol. The molecule has 0 fully saturated rings. The van der Waals surface area contributed by atoms with Crippen molar-refractivity contribution in [3.8, 4) is 0 Å². The fourth-order valence-corrected chi connectivity index (χ4v) is 0.931. The van der Waals surface area contributed by atoms with E-state index >= 15 is 0 Å². The second-order valence-corrected chi connectivity index (χ2v) is 2.65. The van der Waals surface area contributed by atoms with E-state index in [0.717, 1.165) is 0 Å². The Morgan fingerprint density at radius 3 is 2.58 bits per heavy atom. The zero-order valence-electron chi connectivity index (χ0n) is 6.68. The molecule has 4 nitrogen and oxygen atoms in total. The van der Waals surface area contributed by atoms with Crippen LogP contribution in [0.2, 0.25) is 0 Å². The Kier molecular flexibility index (Phi) is 2.88. The SMILES string of the molecule is N[C@@H](CCn1cccc1)C(=O)O. The summed E-state index contributed by atoms with van der Waals surface area (Å²) in [5, 5.41) is 8.48. The lowest BCUT2D eigenvalue weighted by atomic mass is 10.2. The first-order valence-electron chi connectivity index (χ1n) is 3.79. The van der Waals surface area contributed by atoms with Gasteiger partial charge < -0.3 is 15.4 Å². The fourth-order valence-electron chi connectivity index (χ4n) is 0.931. The van der Waals surface area contributed by atoms with E-state index in [-0.39, 0.29) is 0 Å². The molecule has 1 aromatic rings. The second kappa shape index (κ2) is 3.92. The van der Waals surface area contributed by atoms with Crippen LogP contribution in [0.5, 0.6) is 0 Å². The van der Waals surface area contributed by atoms with E-state index in [9.17, 15) is 4.79 Å². The summed E-state index contributed by atoms with van der Waals surface area (Å²) in [6.07, 6.45) is 4.23. The maximum Gasteiger partial charge on any atom is 0.320 e. The number of carboxylic acids is 1. The molecule has 4 heteroatoms. The molecule has 12 heavy (non-hydrogen) atoms. The van der Waals surface area contributed by atoms with Crippen LogP contribution in [0.4, 0.5) is 0 Å². The Morgan fingerprint density at radius 1 is 1.50 bits per heavy atom. The van der Waals surface area contributed by atoms with Gasteiger partial charge in [0.2, 0.25) is 0 Å². The fraction of sp³-hybridized carbons (Fsp3) is 0.375. The van der Waals surface area contributed by atoms with Crippen LogP contribution in [-0.2, 0) is 11.3 Å². The van der Waals surface area contributed by atoms with Gasteiger partial charge in [-0.25, -0.2) is 0 Å². The maximum absolute atomic E-state index is 10.3. The van der Waals surface area contributed by atoms with Crippen molar-refractivity contribution in [2.45, 2.75) is 19.0 Å². The van der Waals surface area contributed by atoms with Crippen molar-refractivity contribution in [1.82, 2.24) is 4.57 Å². The molecule has 0 bridgehead atoms. The molecule has 1 atom stereocenters. The molecule has 66 valence electrons. The van der Waals surface area contributed by atoms with Crippen molar-refractivity contribution in [1.29, 1.82) is 0 Å². The van der Waals surface area contributed by atoms with E-state index in [0.29, 0.717) is 13.0 Å². The third kappa shape index (κ3) is 2.39. The van der Waals surface area contributed by atoms with Crippen LogP contribution in [0.15, 0.2) is 24.5 Å². The van der Waals surface area contributed by atoms with Crippen LogP contribution in [0, 0.1) is 0 Å². The quantitative estimate of drug-likeness (QED) is 0.679. The zero-order chi connectivity index (χ0) is 8.97. The molecule has 0 saturated heterocycles. The summed E-state index contributed by atoms with van der Waals surface area (Å²) in [5.41, 5.74) is 5.32. The first-order valence-corrected chi connectivity index (χ1v) is 3.79. The highest BCUT2D eigenvalue weighted by atomic mass is 16.4. The molecule has 0 aliphatic rings. The van der Waals surface area contributed by atoms with Crippen LogP contribution in [0.1, 0.15) is 6.42 Å². The number of aliphatic carboxylic acids is 1. The minimum Gasteiger partial charge on any atom is -0.480 e. The summed E-state index contributed by atoms with van der Waals surface area (Å²) in [6.45, 7) is 0.653. The smallest absolute Gasteiger partial charge is 0.320 e. The van der Waals surface area contributed by atoms with Crippen LogP contribution >= 0.6 is 0 Å². The molecule has 0 aliphatic heterocycles. The molecular formula is C8H12N2O2. The Hall–Kier alpha value is -1.29. The van der Waals surface area contributed by atoms with Gasteiger partial charge in [-0.3, -0.25) is 4.79 Å². The summed E-state index contributed by atoms with van der Waals surface area (Å²) in [4.78, 5) is 10.3. The van der Waals surface area contributed by atoms with Crippen molar-refractivity contribution in [2.75, 3.05) is 0 Å². The van der Waals surface area contributed by atoms with Gasteiger partial charge in [-0.15, -0.1) is 0 Å². The summed E-state index contributed by atoms with van der Waals surface area (Å²) in [7, 11) is 0. The van der Waals surface area contributed by atoms with Crippen molar-refractivity contribution in [3.63, 3.8) is 0 Å². The zero-order valence-corrected chi connectivity index (χ0v) is 6.68. The summed E-state index contributed by atoms with van der Waals surface area (Å²) in [6, 6.07) is 3.03. The Labute approximate surface area is 70.6 Å². The Morgan fingerprint density at radius 2 is 2.08 bits per heavy atom. The summed E-state index contributed by atoms with van der Waals surface area (Å²) >= 11 is 0. The Bertz CT molecular complexity index is 244. The predicted octanol–water partition coefficient (Wildman–Crippen LogP) is 0.290. The van der Waals surface area contributed by atoms with E-state index in [4.69, 9.17) is 10.8 Å². The number of aromatic nitrogens is 1. The minimum absolute atomic E-state index is 0.462. The number of aryl methyl sites for hydroxylation is 1. The standard InChI is InChI=1S/C8H12N2O2/c9-7(8(11)12)3-6-10-4-1-2-5-10/h1-2,4-5,7H,3,6,9H2,(H,11,12)/t7-/m0/s1. The van der Waals surface area contributed by atoms with Gasteiger partial charge >= 0.3 is 5.97 Å². The molecule has 0 unspecified atom stereocenters. The van der Waals surface area contributed by atoms with Crippen LogP contribution in [-0.4, -0.2) is 21.7 Å². The van der Waals surface area contributed by atoms with Crippen LogP contribution in [0.3, 0.4) is 0 Å². The number of hydrogen-bond donors (Lipinski definition) is 2. The molecule has 1 aromatic heterocycles.